The van der Waals surface area contributed by atoms with Crippen molar-refractivity contribution >= 4 is 29.7 Å². The molecule has 0 saturated carbocycles. The largest absolute Gasteiger partial charge is 0.481 e. The second-order valence-corrected chi connectivity index (χ2v) is 6.14. The third-order valence-electron chi connectivity index (χ3n) is 3.83. The summed E-state index contributed by atoms with van der Waals surface area (Å²) < 4.78 is 4.67. The van der Waals surface area contributed by atoms with Crippen molar-refractivity contribution in [3.63, 3.8) is 0 Å². The topological polar surface area (TPSA) is 185 Å². The lowest BCUT2D eigenvalue weighted by Gasteiger charge is -2.22. The van der Waals surface area contributed by atoms with E-state index < -0.39 is 60.7 Å². The molecule has 11 heteroatoms. The van der Waals surface area contributed by atoms with Crippen LogP contribution in [0.1, 0.15) is 18.4 Å². The van der Waals surface area contributed by atoms with E-state index in [0.29, 0.717) is 5.56 Å². The summed E-state index contributed by atoms with van der Waals surface area (Å²) in [5, 5.41) is 22.2. The van der Waals surface area contributed by atoms with E-state index in [4.69, 9.17) is 15.9 Å². The van der Waals surface area contributed by atoms with Crippen molar-refractivity contribution < 1.29 is 38.9 Å². The fourth-order valence-corrected chi connectivity index (χ4v) is 2.40. The Morgan fingerprint density at radius 3 is 2.00 bits per heavy atom. The van der Waals surface area contributed by atoms with Gasteiger partial charge in [-0.25, -0.2) is 4.79 Å². The summed E-state index contributed by atoms with van der Waals surface area (Å²) in [7, 11) is 1.13. The summed E-state index contributed by atoms with van der Waals surface area (Å²) in [6.07, 6.45) is -1.42. The van der Waals surface area contributed by atoms with E-state index in [-0.39, 0.29) is 6.42 Å². The number of benzene rings is 1. The highest BCUT2D eigenvalue weighted by Crippen LogP contribution is 2.06. The predicted octanol–water partition coefficient (Wildman–Crippen LogP) is -1.35. The molecule has 1 aromatic rings. The molecule has 6 N–H and O–H groups in total. The van der Waals surface area contributed by atoms with Crippen molar-refractivity contribution in [2.24, 2.45) is 5.73 Å². The Bertz CT molecular complexity index is 753. The number of aliphatic carboxylic acids is 2. The van der Waals surface area contributed by atoms with E-state index in [1.54, 1.807) is 30.3 Å². The number of carbonyl (C=O) groups is 5. The molecule has 0 aliphatic carbocycles. The first-order valence-electron chi connectivity index (χ1n) is 8.55. The molecule has 0 saturated heterocycles. The van der Waals surface area contributed by atoms with Gasteiger partial charge < -0.3 is 31.3 Å². The van der Waals surface area contributed by atoms with Crippen LogP contribution in [0.25, 0.3) is 0 Å². The minimum atomic E-state index is -1.57. The van der Waals surface area contributed by atoms with Crippen molar-refractivity contribution in [3.8, 4) is 0 Å². The van der Waals surface area contributed by atoms with Gasteiger partial charge in [0.1, 0.15) is 12.1 Å². The first-order chi connectivity index (χ1) is 13.6. The predicted molar refractivity (Wildman–Crippen MR) is 98.5 cm³/mol. The van der Waals surface area contributed by atoms with Crippen LogP contribution in [0.2, 0.25) is 0 Å². The van der Waals surface area contributed by atoms with Crippen molar-refractivity contribution in [2.45, 2.75) is 37.4 Å². The molecule has 0 aliphatic rings. The minimum absolute atomic E-state index is 0.0749. The molecule has 2 amide bonds. The van der Waals surface area contributed by atoms with Gasteiger partial charge in [-0.05, 0) is 5.56 Å². The zero-order valence-electron chi connectivity index (χ0n) is 15.7. The van der Waals surface area contributed by atoms with Crippen molar-refractivity contribution in [1.82, 2.24) is 10.6 Å². The van der Waals surface area contributed by atoms with E-state index in [2.05, 4.69) is 15.4 Å². The number of carboxylic acid groups (broad SMARTS) is 2. The maximum absolute atomic E-state index is 12.5. The summed E-state index contributed by atoms with van der Waals surface area (Å²) in [6, 6.07) is 4.53. The van der Waals surface area contributed by atoms with Crippen LogP contribution in [0.15, 0.2) is 30.3 Å². The zero-order chi connectivity index (χ0) is 22.0. The van der Waals surface area contributed by atoms with Crippen molar-refractivity contribution in [1.29, 1.82) is 0 Å². The summed E-state index contributed by atoms with van der Waals surface area (Å²) in [4.78, 5) is 58.2. The summed E-state index contributed by atoms with van der Waals surface area (Å²) in [5.74, 6) is -5.44. The van der Waals surface area contributed by atoms with Gasteiger partial charge in [-0.3, -0.25) is 19.2 Å². The number of hydrogen-bond donors (Lipinski definition) is 5. The van der Waals surface area contributed by atoms with E-state index in [9.17, 15) is 24.0 Å². The van der Waals surface area contributed by atoms with Crippen LogP contribution in [0.3, 0.4) is 0 Å². The number of hydrogen-bond acceptors (Lipinski definition) is 7. The smallest absolute Gasteiger partial charge is 0.328 e. The second kappa shape index (κ2) is 11.4. The number of rotatable bonds is 11. The van der Waals surface area contributed by atoms with Crippen molar-refractivity contribution in [3.05, 3.63) is 35.9 Å². The lowest BCUT2D eigenvalue weighted by molar-refractivity contribution is -0.146. The minimum Gasteiger partial charge on any atom is -0.481 e. The van der Waals surface area contributed by atoms with Crippen molar-refractivity contribution in [2.75, 3.05) is 7.11 Å². The van der Waals surface area contributed by atoms with Crippen LogP contribution in [-0.4, -0.2) is 65.2 Å². The van der Waals surface area contributed by atoms with E-state index in [1.165, 1.54) is 0 Å². The molecule has 3 atom stereocenters. The average Bonchev–Trinajstić information content (AvgIpc) is 2.66. The van der Waals surface area contributed by atoms with Gasteiger partial charge in [-0.15, -0.1) is 0 Å². The molecular weight excluding hydrogens is 386 g/mol. The first-order valence-corrected chi connectivity index (χ1v) is 8.55. The standard InChI is InChI=1S/C18H23N3O8/c1-29-18(28)13(7-10-5-3-2-4-6-10)21-17(27)12(9-15(24)25)20-16(26)11(19)8-14(22)23/h2-6,11-13H,7-9,19H2,1H3,(H,20,26)(H,21,27)(H,22,23)(H,24,25)/t11-,12-,13-/m0/s1. The average molecular weight is 409 g/mol. The van der Waals surface area contributed by atoms with Gasteiger partial charge in [0.2, 0.25) is 11.8 Å². The monoisotopic (exact) mass is 409 g/mol. The van der Waals surface area contributed by atoms with E-state index >= 15 is 0 Å². The summed E-state index contributed by atoms with van der Waals surface area (Å²) in [5.41, 5.74) is 6.14. The number of carbonyl (C=O) groups excluding carboxylic acids is 3. The van der Waals surface area contributed by atoms with Gasteiger partial charge in [-0.1, -0.05) is 30.3 Å². The third-order valence-corrected chi connectivity index (χ3v) is 3.83. The summed E-state index contributed by atoms with van der Waals surface area (Å²) >= 11 is 0. The van der Waals surface area contributed by atoms with Crippen LogP contribution >= 0.6 is 0 Å². The number of amides is 2. The van der Waals surface area contributed by atoms with Crippen LogP contribution < -0.4 is 16.4 Å². The maximum atomic E-state index is 12.5. The highest BCUT2D eigenvalue weighted by atomic mass is 16.5. The van der Waals surface area contributed by atoms with Gasteiger partial charge in [-0.2, -0.15) is 0 Å². The normalized spacial score (nSPS) is 13.4. The number of methoxy groups -OCH3 is 1. The molecule has 0 fully saturated rings. The Hall–Kier alpha value is -3.47. The zero-order valence-corrected chi connectivity index (χ0v) is 15.7. The summed E-state index contributed by atoms with van der Waals surface area (Å²) in [6.45, 7) is 0. The molecule has 158 valence electrons. The maximum Gasteiger partial charge on any atom is 0.328 e. The molecule has 0 unspecified atom stereocenters. The molecule has 1 aromatic carbocycles. The molecule has 11 nitrogen and oxygen atoms in total. The number of nitrogens with two attached hydrogens (primary N) is 1. The van der Waals surface area contributed by atoms with Crippen LogP contribution in [-0.2, 0) is 35.1 Å². The number of ether oxygens (including phenoxy) is 1. The van der Waals surface area contributed by atoms with Crippen LogP contribution in [0.5, 0.6) is 0 Å². The first kappa shape index (κ1) is 23.6. The molecule has 0 radical (unpaired) electrons. The molecule has 0 aromatic heterocycles. The lowest BCUT2D eigenvalue weighted by Crippen LogP contribution is -2.55. The Morgan fingerprint density at radius 2 is 1.48 bits per heavy atom. The number of nitrogens with one attached hydrogen (secondary N) is 2. The molecule has 29 heavy (non-hydrogen) atoms. The Kier molecular flexibility index (Phi) is 9.26. The van der Waals surface area contributed by atoms with Crippen LogP contribution in [0, 0.1) is 0 Å². The quantitative estimate of drug-likeness (QED) is 0.275. The van der Waals surface area contributed by atoms with Gasteiger partial charge in [0.05, 0.1) is 26.0 Å². The third kappa shape index (κ3) is 8.39. The van der Waals surface area contributed by atoms with E-state index in [0.717, 1.165) is 7.11 Å². The SMILES string of the molecule is COC(=O)[C@H](Cc1ccccc1)NC(=O)[C@H](CC(=O)O)NC(=O)[C@@H](N)CC(=O)O. The lowest BCUT2D eigenvalue weighted by atomic mass is 10.0. The molecule has 0 spiro atoms. The second-order valence-electron chi connectivity index (χ2n) is 6.14. The fourth-order valence-electron chi connectivity index (χ4n) is 2.40. The fraction of sp³-hybridized carbons (Fsp3) is 0.389. The number of carboxylic acids is 2. The van der Waals surface area contributed by atoms with Gasteiger partial charge in [0.15, 0.2) is 0 Å². The molecule has 1 rings (SSSR count). The van der Waals surface area contributed by atoms with Crippen LogP contribution in [0.4, 0.5) is 0 Å². The Morgan fingerprint density at radius 1 is 0.931 bits per heavy atom. The highest BCUT2D eigenvalue weighted by molar-refractivity contribution is 5.95. The molecule has 0 heterocycles. The van der Waals surface area contributed by atoms with E-state index in [1.807, 2.05) is 0 Å². The highest BCUT2D eigenvalue weighted by Gasteiger charge is 2.30. The molecular formula is C18H23N3O8. The molecule has 0 aliphatic heterocycles. The van der Waals surface area contributed by atoms with Gasteiger partial charge >= 0.3 is 17.9 Å². The van der Waals surface area contributed by atoms with Gasteiger partial charge in [0.25, 0.3) is 0 Å². The Labute approximate surface area is 166 Å². The molecule has 0 bridgehead atoms. The van der Waals surface area contributed by atoms with Gasteiger partial charge in [0, 0.05) is 6.42 Å². The Balaban J connectivity index is 2.91. The number of esters is 1.